The van der Waals surface area contributed by atoms with Crippen LogP contribution >= 0.6 is 11.3 Å². The second-order valence-corrected chi connectivity index (χ2v) is 6.56. The number of thiazole rings is 1. The number of rotatable bonds is 6. The molecule has 3 heterocycles. The van der Waals surface area contributed by atoms with Crippen LogP contribution < -0.4 is 5.32 Å². The van der Waals surface area contributed by atoms with Crippen molar-refractivity contribution in [2.75, 3.05) is 12.4 Å². The Labute approximate surface area is 138 Å². The van der Waals surface area contributed by atoms with Gasteiger partial charge in [-0.05, 0) is 6.92 Å². The molecule has 0 radical (unpaired) electrons. The molecule has 0 aliphatic heterocycles. The van der Waals surface area contributed by atoms with Crippen LogP contribution in [0.15, 0.2) is 17.8 Å². The van der Waals surface area contributed by atoms with E-state index < -0.39 is 0 Å². The predicted octanol–water partition coefficient (Wildman–Crippen LogP) is 3.02. The number of nitrogens with zero attached hydrogens (tertiary/aromatic N) is 5. The van der Waals surface area contributed by atoms with Gasteiger partial charge in [0, 0.05) is 24.5 Å². The van der Waals surface area contributed by atoms with Crippen molar-refractivity contribution < 1.29 is 4.74 Å². The summed E-state index contributed by atoms with van der Waals surface area (Å²) in [5.74, 6) is 1.82. The topological polar surface area (TPSA) is 77.2 Å². The molecule has 23 heavy (non-hydrogen) atoms. The van der Waals surface area contributed by atoms with Crippen molar-refractivity contribution in [1.29, 1.82) is 0 Å². The normalized spacial score (nSPS) is 12.9. The van der Waals surface area contributed by atoms with Crippen molar-refractivity contribution in [2.45, 2.75) is 39.3 Å². The zero-order chi connectivity index (χ0) is 16.4. The first-order valence-electron chi connectivity index (χ1n) is 7.49. The Morgan fingerprint density at radius 2 is 2.13 bits per heavy atom. The number of ether oxygens (including phenoxy) is 1. The zero-order valence-electron chi connectivity index (χ0n) is 13.6. The molecule has 8 heteroatoms. The minimum atomic E-state index is 0.0592. The summed E-state index contributed by atoms with van der Waals surface area (Å²) in [5, 5.41) is 10.9. The summed E-state index contributed by atoms with van der Waals surface area (Å²) in [6.45, 7) is 6.82. The lowest BCUT2D eigenvalue weighted by molar-refractivity contribution is 0.181. The van der Waals surface area contributed by atoms with Crippen LogP contribution in [0.1, 0.15) is 49.1 Å². The lowest BCUT2D eigenvalue weighted by atomic mass is 10.2. The summed E-state index contributed by atoms with van der Waals surface area (Å²) < 4.78 is 6.86. The van der Waals surface area contributed by atoms with Gasteiger partial charge in [-0.1, -0.05) is 13.8 Å². The van der Waals surface area contributed by atoms with Gasteiger partial charge in [0.1, 0.15) is 12.1 Å². The van der Waals surface area contributed by atoms with Crippen molar-refractivity contribution >= 4 is 22.9 Å². The fourth-order valence-electron chi connectivity index (χ4n) is 2.25. The first-order chi connectivity index (χ1) is 11.1. The molecule has 1 atom stereocenters. The van der Waals surface area contributed by atoms with E-state index in [4.69, 9.17) is 9.72 Å². The van der Waals surface area contributed by atoms with Gasteiger partial charge >= 0.3 is 0 Å². The maximum Gasteiger partial charge on any atom is 0.254 e. The molecule has 3 rings (SSSR count). The third-order valence-corrected chi connectivity index (χ3v) is 4.60. The van der Waals surface area contributed by atoms with Gasteiger partial charge in [-0.25, -0.2) is 9.97 Å². The highest BCUT2D eigenvalue weighted by Gasteiger charge is 2.15. The van der Waals surface area contributed by atoms with Crippen LogP contribution in [0.3, 0.4) is 0 Å². The Morgan fingerprint density at radius 3 is 2.83 bits per heavy atom. The quantitative estimate of drug-likeness (QED) is 0.747. The third kappa shape index (κ3) is 3.32. The molecule has 0 saturated heterocycles. The molecule has 0 spiro atoms. The van der Waals surface area contributed by atoms with Gasteiger partial charge in [-0.3, -0.25) is 0 Å². The number of hydrogen-bond donors (Lipinski definition) is 1. The fourth-order valence-corrected chi connectivity index (χ4v) is 3.18. The number of aromatic nitrogens is 5. The Bertz CT molecular complexity index is 796. The molecule has 0 aromatic carbocycles. The van der Waals surface area contributed by atoms with Crippen LogP contribution in [0.4, 0.5) is 5.82 Å². The molecule has 7 nitrogen and oxygen atoms in total. The number of methoxy groups -OCH3 is 1. The van der Waals surface area contributed by atoms with Crippen molar-refractivity contribution in [3.63, 3.8) is 0 Å². The molecule has 1 N–H and O–H groups in total. The van der Waals surface area contributed by atoms with E-state index in [0.717, 1.165) is 22.2 Å². The molecule has 122 valence electrons. The summed E-state index contributed by atoms with van der Waals surface area (Å²) in [6, 6.07) is 1.99. The third-order valence-electron chi connectivity index (χ3n) is 3.44. The minimum absolute atomic E-state index is 0.0592. The monoisotopic (exact) mass is 332 g/mol. The van der Waals surface area contributed by atoms with Crippen LogP contribution in [-0.4, -0.2) is 31.7 Å². The van der Waals surface area contributed by atoms with Crippen LogP contribution in [-0.2, 0) is 11.3 Å². The number of nitrogens with one attached hydrogen (secondary N) is 1. The first-order valence-corrected chi connectivity index (χ1v) is 8.37. The largest absolute Gasteiger partial charge is 0.378 e. The van der Waals surface area contributed by atoms with E-state index >= 15 is 0 Å². The molecular weight excluding hydrogens is 312 g/mol. The summed E-state index contributed by atoms with van der Waals surface area (Å²) in [6.07, 6.45) is 1.49. The molecule has 0 fully saturated rings. The predicted molar refractivity (Wildman–Crippen MR) is 89.7 cm³/mol. The standard InChI is InChI=1S/C15H20N6OS/c1-9(2)14-20-12(7-23-14)10(3)18-13-5-11(6-22-4)19-15-16-8-17-21(13)15/h5,7-10,18H,6H2,1-4H3/t10-/m1/s1. The first kappa shape index (κ1) is 15.8. The van der Waals surface area contributed by atoms with Crippen LogP contribution in [0.2, 0.25) is 0 Å². The van der Waals surface area contributed by atoms with Gasteiger partial charge in [0.25, 0.3) is 5.78 Å². The Kier molecular flexibility index (Phi) is 4.53. The Hall–Kier alpha value is -2.06. The maximum absolute atomic E-state index is 5.17. The van der Waals surface area contributed by atoms with E-state index in [1.165, 1.54) is 6.33 Å². The number of fused-ring (bicyclic) bond motifs is 1. The zero-order valence-corrected chi connectivity index (χ0v) is 14.5. The molecule has 0 amide bonds. The molecule has 3 aromatic rings. The fraction of sp³-hybridized carbons (Fsp3) is 0.467. The van der Waals surface area contributed by atoms with Crippen molar-refractivity contribution in [1.82, 2.24) is 24.6 Å². The highest BCUT2D eigenvalue weighted by Crippen LogP contribution is 2.25. The summed E-state index contributed by atoms with van der Waals surface area (Å²) in [5.41, 5.74) is 1.83. The van der Waals surface area contributed by atoms with Crippen LogP contribution in [0.25, 0.3) is 5.78 Å². The Balaban J connectivity index is 1.88. The average molecular weight is 332 g/mol. The van der Waals surface area contributed by atoms with E-state index in [1.807, 2.05) is 6.07 Å². The van der Waals surface area contributed by atoms with E-state index in [1.54, 1.807) is 23.0 Å². The van der Waals surface area contributed by atoms with Gasteiger partial charge in [0.15, 0.2) is 0 Å². The molecule has 3 aromatic heterocycles. The molecular formula is C15H20N6OS. The van der Waals surface area contributed by atoms with E-state index in [2.05, 4.69) is 46.5 Å². The van der Waals surface area contributed by atoms with Crippen molar-refractivity contribution in [2.24, 2.45) is 0 Å². The number of hydrogen-bond acceptors (Lipinski definition) is 7. The molecule has 0 aliphatic carbocycles. The molecule has 0 saturated carbocycles. The van der Waals surface area contributed by atoms with Crippen LogP contribution in [0.5, 0.6) is 0 Å². The second-order valence-electron chi connectivity index (χ2n) is 5.67. The van der Waals surface area contributed by atoms with Gasteiger partial charge in [0.2, 0.25) is 0 Å². The lowest BCUT2D eigenvalue weighted by Crippen LogP contribution is -2.12. The van der Waals surface area contributed by atoms with Gasteiger partial charge < -0.3 is 10.1 Å². The summed E-state index contributed by atoms with van der Waals surface area (Å²) in [4.78, 5) is 13.3. The second kappa shape index (κ2) is 6.59. The molecule has 0 bridgehead atoms. The average Bonchev–Trinajstić information content (AvgIpc) is 3.16. The SMILES string of the molecule is COCc1cc(N[C@H](C)c2csc(C(C)C)n2)n2ncnc2n1. The van der Waals surface area contributed by atoms with Gasteiger partial charge in [-0.2, -0.15) is 14.6 Å². The highest BCUT2D eigenvalue weighted by atomic mass is 32.1. The maximum atomic E-state index is 5.17. The Morgan fingerprint density at radius 1 is 1.30 bits per heavy atom. The van der Waals surface area contributed by atoms with Crippen molar-refractivity contribution in [3.8, 4) is 0 Å². The van der Waals surface area contributed by atoms with Gasteiger partial charge in [-0.15, -0.1) is 11.3 Å². The molecule has 0 unspecified atom stereocenters. The lowest BCUT2D eigenvalue weighted by Gasteiger charge is -2.14. The van der Waals surface area contributed by atoms with Crippen LogP contribution in [0, 0.1) is 0 Å². The van der Waals surface area contributed by atoms with E-state index in [9.17, 15) is 0 Å². The van der Waals surface area contributed by atoms with Gasteiger partial charge in [0.05, 0.1) is 29.0 Å². The summed E-state index contributed by atoms with van der Waals surface area (Å²) >= 11 is 1.69. The van der Waals surface area contributed by atoms with E-state index in [0.29, 0.717) is 18.3 Å². The van der Waals surface area contributed by atoms with E-state index in [-0.39, 0.29) is 6.04 Å². The van der Waals surface area contributed by atoms with Crippen molar-refractivity contribution in [3.05, 3.63) is 34.2 Å². The highest BCUT2D eigenvalue weighted by molar-refractivity contribution is 7.09. The smallest absolute Gasteiger partial charge is 0.254 e. The molecule has 0 aliphatic rings. The minimum Gasteiger partial charge on any atom is -0.378 e. The number of anilines is 1. The summed E-state index contributed by atoms with van der Waals surface area (Å²) in [7, 11) is 1.65.